The van der Waals surface area contributed by atoms with Gasteiger partial charge in [0.05, 0.1) is 5.52 Å². The van der Waals surface area contributed by atoms with Gasteiger partial charge in [-0.1, -0.05) is 63.1 Å². The SMILES string of the molecule is CCCCOn1c(=O)c([S+]([O-])c2ccccc2)c(CCCC)c2ccccc21. The molecule has 4 nitrogen and oxygen atoms in total. The van der Waals surface area contributed by atoms with Crippen LogP contribution in [0.2, 0.25) is 0 Å². The zero-order chi connectivity index (χ0) is 19.9. The van der Waals surface area contributed by atoms with Crippen molar-refractivity contribution in [3.63, 3.8) is 0 Å². The van der Waals surface area contributed by atoms with Crippen LogP contribution < -0.4 is 10.4 Å². The van der Waals surface area contributed by atoms with Gasteiger partial charge in [0.2, 0.25) is 4.90 Å². The first kappa shape index (κ1) is 20.5. The molecule has 0 radical (unpaired) electrons. The second-order valence-electron chi connectivity index (χ2n) is 6.80. The number of aryl methyl sites for hydroxylation is 1. The lowest BCUT2D eigenvalue weighted by Gasteiger charge is -2.19. The number of aromatic nitrogens is 1. The molecule has 2 aromatic carbocycles. The van der Waals surface area contributed by atoms with Crippen LogP contribution in [0, 0.1) is 0 Å². The standard InChI is InChI=1S/C23H27NO3S/c1-3-5-14-20-19-15-10-11-16-21(19)24(27-17-6-4-2)23(25)22(20)28(26)18-12-8-7-9-13-18/h7-13,15-16H,3-6,14,17H2,1-2H3. The third-order valence-corrected chi connectivity index (χ3v) is 6.23. The molecule has 28 heavy (non-hydrogen) atoms. The van der Waals surface area contributed by atoms with E-state index < -0.39 is 11.2 Å². The average Bonchev–Trinajstić information content (AvgIpc) is 2.74. The summed E-state index contributed by atoms with van der Waals surface area (Å²) in [6.07, 6.45) is 4.49. The quantitative estimate of drug-likeness (QED) is 0.387. The minimum Gasteiger partial charge on any atom is -0.606 e. The van der Waals surface area contributed by atoms with Crippen molar-refractivity contribution in [2.75, 3.05) is 6.61 Å². The number of nitrogens with zero attached hydrogens (tertiary/aromatic N) is 1. The Hall–Kier alpha value is -2.24. The zero-order valence-corrected chi connectivity index (χ0v) is 17.3. The van der Waals surface area contributed by atoms with Gasteiger partial charge in [0, 0.05) is 22.1 Å². The molecule has 5 heteroatoms. The Balaban J connectivity index is 2.23. The number of benzene rings is 2. The number of fused-ring (bicyclic) bond motifs is 1. The second-order valence-corrected chi connectivity index (χ2v) is 8.21. The van der Waals surface area contributed by atoms with Crippen molar-refractivity contribution in [1.82, 2.24) is 4.73 Å². The highest BCUT2D eigenvalue weighted by Gasteiger charge is 2.28. The van der Waals surface area contributed by atoms with Gasteiger partial charge in [-0.05, 0) is 37.5 Å². The molecular formula is C23H27NO3S. The van der Waals surface area contributed by atoms with Crippen LogP contribution in [0.1, 0.15) is 45.1 Å². The molecule has 0 spiro atoms. The molecule has 0 aliphatic heterocycles. The summed E-state index contributed by atoms with van der Waals surface area (Å²) < 4.78 is 14.8. The zero-order valence-electron chi connectivity index (χ0n) is 16.5. The lowest BCUT2D eigenvalue weighted by molar-refractivity contribution is 0.107. The molecule has 0 N–H and O–H groups in total. The van der Waals surface area contributed by atoms with Crippen molar-refractivity contribution in [2.24, 2.45) is 0 Å². The van der Waals surface area contributed by atoms with Crippen molar-refractivity contribution in [2.45, 2.75) is 55.7 Å². The summed E-state index contributed by atoms with van der Waals surface area (Å²) in [5.74, 6) is 0. The monoisotopic (exact) mass is 397 g/mol. The Bertz CT molecular complexity index is 969. The minimum absolute atomic E-state index is 0.317. The molecule has 1 atom stereocenters. The molecule has 1 aromatic heterocycles. The Labute approximate surface area is 169 Å². The minimum atomic E-state index is -1.56. The molecule has 0 fully saturated rings. The number of rotatable bonds is 9. The summed E-state index contributed by atoms with van der Waals surface area (Å²) in [5.41, 5.74) is 1.30. The van der Waals surface area contributed by atoms with Gasteiger partial charge in [-0.25, -0.2) is 0 Å². The van der Waals surface area contributed by atoms with Crippen LogP contribution in [0.3, 0.4) is 0 Å². The highest BCUT2D eigenvalue weighted by molar-refractivity contribution is 7.91. The van der Waals surface area contributed by atoms with E-state index in [0.29, 0.717) is 16.4 Å². The van der Waals surface area contributed by atoms with E-state index in [0.717, 1.165) is 48.6 Å². The summed E-state index contributed by atoms with van der Waals surface area (Å²) in [5, 5.41) is 0.936. The van der Waals surface area contributed by atoms with Crippen molar-refractivity contribution in [3.8, 4) is 0 Å². The molecule has 1 unspecified atom stereocenters. The highest BCUT2D eigenvalue weighted by Crippen LogP contribution is 2.28. The maximum Gasteiger partial charge on any atom is 0.339 e. The maximum absolute atomic E-state index is 13.4. The first-order valence-corrected chi connectivity index (χ1v) is 11.1. The summed E-state index contributed by atoms with van der Waals surface area (Å²) >= 11 is -1.56. The molecule has 0 aliphatic rings. The Morgan fingerprint density at radius 2 is 1.64 bits per heavy atom. The highest BCUT2D eigenvalue weighted by atomic mass is 32.2. The van der Waals surface area contributed by atoms with E-state index in [-0.39, 0.29) is 5.56 Å². The second kappa shape index (κ2) is 9.80. The van der Waals surface area contributed by atoms with Crippen molar-refractivity contribution >= 4 is 22.1 Å². The smallest absolute Gasteiger partial charge is 0.339 e. The first-order valence-electron chi connectivity index (χ1n) is 9.95. The van der Waals surface area contributed by atoms with Crippen LogP contribution in [0.25, 0.3) is 10.9 Å². The summed E-state index contributed by atoms with van der Waals surface area (Å²) in [7, 11) is 0. The van der Waals surface area contributed by atoms with Gasteiger partial charge in [-0.3, -0.25) is 4.79 Å². The number of para-hydroxylation sites is 1. The fraction of sp³-hybridized carbons (Fsp3) is 0.348. The van der Waals surface area contributed by atoms with Crippen molar-refractivity contribution in [1.29, 1.82) is 0 Å². The van der Waals surface area contributed by atoms with E-state index in [1.807, 2.05) is 42.5 Å². The van der Waals surface area contributed by atoms with E-state index in [1.54, 1.807) is 12.1 Å². The van der Waals surface area contributed by atoms with Crippen LogP contribution in [0.5, 0.6) is 0 Å². The molecule has 1 heterocycles. The fourth-order valence-electron chi connectivity index (χ4n) is 3.24. The van der Waals surface area contributed by atoms with E-state index in [4.69, 9.17) is 4.84 Å². The predicted octanol–water partition coefficient (Wildman–Crippen LogP) is 4.74. The van der Waals surface area contributed by atoms with E-state index in [9.17, 15) is 9.35 Å². The summed E-state index contributed by atoms with van der Waals surface area (Å²) in [4.78, 5) is 20.2. The van der Waals surface area contributed by atoms with Crippen LogP contribution in [-0.4, -0.2) is 15.9 Å². The van der Waals surface area contributed by atoms with E-state index >= 15 is 0 Å². The predicted molar refractivity (Wildman–Crippen MR) is 114 cm³/mol. The van der Waals surface area contributed by atoms with Gasteiger partial charge in [-0.15, -0.1) is 4.73 Å². The number of unbranched alkanes of at least 4 members (excludes halogenated alkanes) is 2. The molecule has 3 aromatic rings. The third kappa shape index (κ3) is 4.26. The molecule has 0 aliphatic carbocycles. The lowest BCUT2D eigenvalue weighted by atomic mass is 10.0. The largest absolute Gasteiger partial charge is 0.606 e. The summed E-state index contributed by atoms with van der Waals surface area (Å²) in [6.45, 7) is 4.64. The Morgan fingerprint density at radius 1 is 0.964 bits per heavy atom. The number of hydrogen-bond donors (Lipinski definition) is 0. The maximum atomic E-state index is 13.4. The van der Waals surface area contributed by atoms with Crippen LogP contribution in [0.15, 0.2) is 69.2 Å². The molecule has 0 bridgehead atoms. The van der Waals surface area contributed by atoms with Gasteiger partial charge < -0.3 is 9.39 Å². The number of pyridine rings is 1. The van der Waals surface area contributed by atoms with E-state index in [2.05, 4.69) is 13.8 Å². The average molecular weight is 398 g/mol. The normalized spacial score (nSPS) is 12.2. The van der Waals surface area contributed by atoms with Gasteiger partial charge in [0.1, 0.15) is 6.61 Å². The Morgan fingerprint density at radius 3 is 2.36 bits per heavy atom. The van der Waals surface area contributed by atoms with Crippen molar-refractivity contribution < 1.29 is 9.39 Å². The molecule has 3 rings (SSSR count). The van der Waals surface area contributed by atoms with Crippen molar-refractivity contribution in [3.05, 3.63) is 70.5 Å². The third-order valence-electron chi connectivity index (χ3n) is 4.74. The summed E-state index contributed by atoms with van der Waals surface area (Å²) in [6, 6.07) is 16.9. The Kier molecular flexibility index (Phi) is 7.18. The first-order chi connectivity index (χ1) is 13.7. The topological polar surface area (TPSA) is 54.3 Å². The van der Waals surface area contributed by atoms with Gasteiger partial charge in [-0.2, -0.15) is 0 Å². The molecule has 0 saturated carbocycles. The lowest BCUT2D eigenvalue weighted by Crippen LogP contribution is -2.33. The molecular weight excluding hydrogens is 370 g/mol. The fourth-order valence-corrected chi connectivity index (χ4v) is 4.56. The van der Waals surface area contributed by atoms with Gasteiger partial charge >= 0.3 is 5.56 Å². The van der Waals surface area contributed by atoms with Gasteiger partial charge in [0.25, 0.3) is 0 Å². The van der Waals surface area contributed by atoms with Crippen LogP contribution in [0.4, 0.5) is 0 Å². The molecule has 0 amide bonds. The molecule has 148 valence electrons. The van der Waals surface area contributed by atoms with Crippen LogP contribution >= 0.6 is 0 Å². The van der Waals surface area contributed by atoms with Gasteiger partial charge in [0.15, 0.2) is 4.90 Å². The number of hydrogen-bond acceptors (Lipinski definition) is 3. The molecule has 0 saturated heterocycles. The van der Waals surface area contributed by atoms with E-state index in [1.165, 1.54) is 4.73 Å². The van der Waals surface area contributed by atoms with Crippen LogP contribution in [-0.2, 0) is 17.6 Å².